The van der Waals surface area contributed by atoms with Crippen molar-refractivity contribution in [2.75, 3.05) is 18.5 Å². The third kappa shape index (κ3) is 4.86. The Morgan fingerprint density at radius 3 is 2.57 bits per heavy atom. The number of pyridine rings is 1. The Labute approximate surface area is 242 Å². The molecule has 218 valence electrons. The smallest absolute Gasteiger partial charge is 0.270 e. The van der Waals surface area contributed by atoms with Gasteiger partial charge in [-0.1, -0.05) is 0 Å². The number of allylic oxidation sites excluding steroid dienone is 1. The van der Waals surface area contributed by atoms with Crippen LogP contribution in [0, 0.1) is 17.0 Å². The summed E-state index contributed by atoms with van der Waals surface area (Å²) in [7, 11) is 0. The van der Waals surface area contributed by atoms with E-state index in [1.165, 1.54) is 6.20 Å². The number of carbonyl (C=O) groups excluding carboxylic acids is 2. The molecule has 11 heteroatoms. The van der Waals surface area contributed by atoms with Gasteiger partial charge in [0.25, 0.3) is 5.91 Å². The van der Waals surface area contributed by atoms with Crippen LogP contribution in [0.3, 0.4) is 0 Å². The molecule has 1 saturated carbocycles. The maximum Gasteiger partial charge on any atom is 0.270 e. The summed E-state index contributed by atoms with van der Waals surface area (Å²) >= 11 is 0. The van der Waals surface area contributed by atoms with Gasteiger partial charge < -0.3 is 15.4 Å². The number of hydrogen-bond donors (Lipinski definition) is 2. The second-order valence-electron chi connectivity index (χ2n) is 11.6. The molecule has 6 rings (SSSR count). The predicted octanol–water partition coefficient (Wildman–Crippen LogP) is 5.08. The van der Waals surface area contributed by atoms with Crippen LogP contribution >= 0.6 is 0 Å². The Balaban J connectivity index is 1.36. The van der Waals surface area contributed by atoms with Crippen LogP contribution in [0.5, 0.6) is 5.75 Å². The van der Waals surface area contributed by atoms with Gasteiger partial charge in [0.2, 0.25) is 5.91 Å². The maximum absolute atomic E-state index is 15.4. The molecular weight excluding hydrogens is 542 g/mol. The zero-order valence-electron chi connectivity index (χ0n) is 23.9. The summed E-state index contributed by atoms with van der Waals surface area (Å²) in [5.74, 6) is -3.42. The molecule has 3 aliphatic rings. The number of nitrogens with zero attached hydrogens (tertiary/aromatic N) is 4. The van der Waals surface area contributed by atoms with Crippen LogP contribution in [0.2, 0.25) is 0 Å². The van der Waals surface area contributed by atoms with Crippen molar-refractivity contribution >= 4 is 28.8 Å². The normalized spacial score (nSPS) is 19.3. The largest absolute Gasteiger partial charge is 0.492 e. The molecule has 42 heavy (non-hydrogen) atoms. The van der Waals surface area contributed by atoms with Crippen molar-refractivity contribution in [3.05, 3.63) is 76.9 Å². The number of amides is 2. The van der Waals surface area contributed by atoms with Crippen molar-refractivity contribution in [3.8, 4) is 5.75 Å². The summed E-state index contributed by atoms with van der Waals surface area (Å²) in [4.78, 5) is 36.7. The number of benzene rings is 1. The van der Waals surface area contributed by atoms with E-state index in [2.05, 4.69) is 25.7 Å². The highest BCUT2D eigenvalue weighted by Gasteiger charge is 2.59. The van der Waals surface area contributed by atoms with Gasteiger partial charge in [0.15, 0.2) is 0 Å². The second-order valence-corrected chi connectivity index (χ2v) is 11.6. The number of nitrogens with one attached hydrogen (secondary N) is 2. The molecule has 0 bridgehead atoms. The molecule has 1 unspecified atom stereocenters. The average Bonchev–Trinajstić information content (AvgIpc) is 3.37. The molecule has 3 aromatic rings. The molecule has 0 saturated heterocycles. The van der Waals surface area contributed by atoms with E-state index in [0.29, 0.717) is 25.1 Å². The van der Waals surface area contributed by atoms with Gasteiger partial charge in [-0.05, 0) is 64.3 Å². The Hall–Kier alpha value is -4.41. The van der Waals surface area contributed by atoms with Gasteiger partial charge in [-0.2, -0.15) is 5.10 Å². The molecule has 4 heterocycles. The first kappa shape index (κ1) is 27.7. The summed E-state index contributed by atoms with van der Waals surface area (Å²) in [6.45, 7) is 8.54. The van der Waals surface area contributed by atoms with Gasteiger partial charge in [0.05, 0.1) is 30.7 Å². The lowest BCUT2D eigenvalue weighted by Crippen LogP contribution is -2.52. The van der Waals surface area contributed by atoms with Gasteiger partial charge >= 0.3 is 0 Å². The predicted molar refractivity (Wildman–Crippen MR) is 154 cm³/mol. The van der Waals surface area contributed by atoms with Gasteiger partial charge in [-0.3, -0.25) is 24.2 Å². The minimum Gasteiger partial charge on any atom is -0.492 e. The molecule has 2 aliphatic heterocycles. The Bertz CT molecular complexity index is 1640. The molecule has 1 spiro atoms. The standard InChI is InChI=1S/C31H32F2N6O3/c1-16(2)39-23(7-10-36-39)29(40)38-28(27-26-21(33)11-19(32)12-24(26)42-15-31(27)8-9-31)30(41)37-20-5-6-22(35-14-20)25-17(3)13-34-18(25)4/h5-7,10-12,14,16,27-28H,8-9,13,15H2,1-4H3,(H,37,41)(H,38,40)/t27?,28-/m0/s1. The fourth-order valence-corrected chi connectivity index (χ4v) is 6.10. The zero-order valence-corrected chi connectivity index (χ0v) is 23.9. The summed E-state index contributed by atoms with van der Waals surface area (Å²) in [5.41, 5.74) is 3.95. The Morgan fingerprint density at radius 1 is 1.14 bits per heavy atom. The van der Waals surface area contributed by atoms with Crippen molar-refractivity contribution in [3.63, 3.8) is 0 Å². The first-order valence-corrected chi connectivity index (χ1v) is 14.0. The molecule has 1 aromatic carbocycles. The van der Waals surface area contributed by atoms with Crippen molar-refractivity contribution in [1.29, 1.82) is 0 Å². The number of aromatic nitrogens is 3. The second kappa shape index (κ2) is 10.5. The summed E-state index contributed by atoms with van der Waals surface area (Å²) in [6.07, 6.45) is 4.40. The fraction of sp³-hybridized carbons (Fsp3) is 0.387. The third-order valence-corrected chi connectivity index (χ3v) is 8.36. The molecule has 2 amide bonds. The van der Waals surface area contributed by atoms with Crippen molar-refractivity contribution < 1.29 is 23.1 Å². The third-order valence-electron chi connectivity index (χ3n) is 8.36. The number of rotatable bonds is 7. The van der Waals surface area contributed by atoms with Crippen LogP contribution in [-0.4, -0.2) is 51.5 Å². The van der Waals surface area contributed by atoms with E-state index in [9.17, 15) is 14.0 Å². The van der Waals surface area contributed by atoms with Crippen LogP contribution in [0.4, 0.5) is 14.5 Å². The van der Waals surface area contributed by atoms with E-state index in [1.54, 1.807) is 23.0 Å². The first-order valence-electron chi connectivity index (χ1n) is 14.0. The van der Waals surface area contributed by atoms with E-state index in [-0.39, 0.29) is 29.7 Å². The molecule has 2 aromatic heterocycles. The fourth-order valence-electron chi connectivity index (χ4n) is 6.10. The number of halogens is 2. The van der Waals surface area contributed by atoms with Crippen LogP contribution in [0.1, 0.15) is 74.2 Å². The summed E-state index contributed by atoms with van der Waals surface area (Å²) in [6, 6.07) is 5.71. The van der Waals surface area contributed by atoms with Gasteiger partial charge in [0.1, 0.15) is 29.1 Å². The number of aliphatic imine (C=N–C) groups is 1. The first-order chi connectivity index (χ1) is 20.1. The SMILES string of the molecule is CC1=NCC(C)=C1c1ccc(NC(=O)[C@@H](NC(=O)c2ccnn2C(C)C)C2c3c(F)cc(F)cc3OCC23CC3)cn1. The van der Waals surface area contributed by atoms with Crippen LogP contribution in [0.25, 0.3) is 5.57 Å². The van der Waals surface area contributed by atoms with E-state index in [1.807, 2.05) is 33.8 Å². The lowest BCUT2D eigenvalue weighted by molar-refractivity contribution is -0.119. The molecule has 1 aliphatic carbocycles. The van der Waals surface area contributed by atoms with Crippen LogP contribution in [0.15, 0.2) is 53.3 Å². The highest BCUT2D eigenvalue weighted by Crippen LogP contribution is 2.61. The number of anilines is 1. The number of carbonyl (C=O) groups is 2. The Morgan fingerprint density at radius 2 is 1.93 bits per heavy atom. The average molecular weight is 575 g/mol. The highest BCUT2D eigenvalue weighted by molar-refractivity contribution is 6.24. The minimum absolute atomic E-state index is 0.0394. The lowest BCUT2D eigenvalue weighted by atomic mass is 9.75. The van der Waals surface area contributed by atoms with Gasteiger partial charge in [0, 0.05) is 52.6 Å². The summed E-state index contributed by atoms with van der Waals surface area (Å²) in [5, 5.41) is 9.99. The lowest BCUT2D eigenvalue weighted by Gasteiger charge is -2.38. The quantitative estimate of drug-likeness (QED) is 0.409. The molecule has 2 N–H and O–H groups in total. The van der Waals surface area contributed by atoms with Crippen molar-refractivity contribution in [2.24, 2.45) is 10.4 Å². The molecule has 2 atom stereocenters. The minimum atomic E-state index is -1.20. The van der Waals surface area contributed by atoms with Crippen LogP contribution in [-0.2, 0) is 4.79 Å². The van der Waals surface area contributed by atoms with E-state index >= 15 is 4.39 Å². The van der Waals surface area contributed by atoms with E-state index < -0.39 is 40.8 Å². The molecule has 0 radical (unpaired) electrons. The maximum atomic E-state index is 15.4. The van der Waals surface area contributed by atoms with Crippen molar-refractivity contribution in [2.45, 2.75) is 58.5 Å². The van der Waals surface area contributed by atoms with E-state index in [0.717, 1.165) is 34.7 Å². The van der Waals surface area contributed by atoms with Crippen LogP contribution < -0.4 is 15.4 Å². The zero-order chi connectivity index (χ0) is 29.8. The molecule has 9 nitrogen and oxygen atoms in total. The monoisotopic (exact) mass is 574 g/mol. The van der Waals surface area contributed by atoms with Gasteiger partial charge in [-0.15, -0.1) is 0 Å². The molecule has 1 fully saturated rings. The summed E-state index contributed by atoms with van der Waals surface area (Å²) < 4.78 is 36.9. The van der Waals surface area contributed by atoms with Gasteiger partial charge in [-0.25, -0.2) is 8.78 Å². The highest BCUT2D eigenvalue weighted by atomic mass is 19.1. The van der Waals surface area contributed by atoms with Crippen molar-refractivity contribution in [1.82, 2.24) is 20.1 Å². The topological polar surface area (TPSA) is 110 Å². The number of hydrogen-bond acceptors (Lipinski definition) is 6. The number of ether oxygens (including phenoxy) is 1. The Kier molecular flexibility index (Phi) is 6.90. The number of fused-ring (bicyclic) bond motifs is 1. The molecular formula is C31H32F2N6O3. The van der Waals surface area contributed by atoms with E-state index in [4.69, 9.17) is 4.74 Å².